The summed E-state index contributed by atoms with van der Waals surface area (Å²) in [6.45, 7) is 6.39. The third-order valence-corrected chi connectivity index (χ3v) is 2.91. The SMILES string of the molecule is CCCC(C)(C)C(C=O)=Cc1ccccc1. The lowest BCUT2D eigenvalue weighted by Gasteiger charge is -2.24. The summed E-state index contributed by atoms with van der Waals surface area (Å²) in [7, 11) is 0. The molecule has 0 amide bonds. The average Bonchev–Trinajstić information content (AvgIpc) is 2.27. The fraction of sp³-hybridized carbons (Fsp3) is 0.400. The summed E-state index contributed by atoms with van der Waals surface area (Å²) in [5.74, 6) is 0. The van der Waals surface area contributed by atoms with Crippen LogP contribution in [0.1, 0.15) is 39.2 Å². The Balaban J connectivity index is 2.98. The number of aldehydes is 1. The molecule has 0 atom stereocenters. The van der Waals surface area contributed by atoms with Crippen LogP contribution in [-0.4, -0.2) is 6.29 Å². The summed E-state index contributed by atoms with van der Waals surface area (Å²) in [4.78, 5) is 11.2. The fourth-order valence-electron chi connectivity index (χ4n) is 1.89. The smallest absolute Gasteiger partial charge is 0.146 e. The Bertz CT molecular complexity index is 360. The number of carbonyl (C=O) groups excluding carboxylic acids is 1. The van der Waals surface area contributed by atoms with E-state index in [2.05, 4.69) is 20.8 Å². The van der Waals surface area contributed by atoms with Crippen molar-refractivity contribution in [1.29, 1.82) is 0 Å². The lowest BCUT2D eigenvalue weighted by molar-refractivity contribution is -0.105. The van der Waals surface area contributed by atoms with Crippen LogP contribution in [0.2, 0.25) is 0 Å². The first-order valence-corrected chi connectivity index (χ1v) is 5.82. The molecule has 0 aliphatic carbocycles. The van der Waals surface area contributed by atoms with Crippen LogP contribution in [0, 0.1) is 5.41 Å². The molecule has 0 saturated heterocycles. The van der Waals surface area contributed by atoms with Gasteiger partial charge in [0.1, 0.15) is 6.29 Å². The molecule has 0 radical (unpaired) electrons. The van der Waals surface area contributed by atoms with Gasteiger partial charge in [0.05, 0.1) is 0 Å². The number of benzene rings is 1. The van der Waals surface area contributed by atoms with Gasteiger partial charge in [0.15, 0.2) is 0 Å². The first-order valence-electron chi connectivity index (χ1n) is 5.82. The Labute approximate surface area is 98.2 Å². The second kappa shape index (κ2) is 5.64. The summed E-state index contributed by atoms with van der Waals surface area (Å²) < 4.78 is 0. The molecule has 86 valence electrons. The first kappa shape index (κ1) is 12.7. The molecular formula is C15H20O. The third-order valence-electron chi connectivity index (χ3n) is 2.91. The Morgan fingerprint density at radius 3 is 2.38 bits per heavy atom. The largest absolute Gasteiger partial charge is 0.298 e. The summed E-state index contributed by atoms with van der Waals surface area (Å²) in [6.07, 6.45) is 5.10. The Hall–Kier alpha value is -1.37. The van der Waals surface area contributed by atoms with Crippen LogP contribution in [0.4, 0.5) is 0 Å². The predicted molar refractivity (Wildman–Crippen MR) is 69.2 cm³/mol. The van der Waals surface area contributed by atoms with Gasteiger partial charge in [0, 0.05) is 0 Å². The highest BCUT2D eigenvalue weighted by Gasteiger charge is 2.21. The van der Waals surface area contributed by atoms with Crippen molar-refractivity contribution in [1.82, 2.24) is 0 Å². The molecule has 0 aliphatic heterocycles. The van der Waals surface area contributed by atoms with Crippen molar-refractivity contribution in [2.24, 2.45) is 5.41 Å². The second-order valence-corrected chi connectivity index (χ2v) is 4.76. The molecule has 0 heterocycles. The van der Waals surface area contributed by atoms with Gasteiger partial charge in [-0.2, -0.15) is 0 Å². The number of allylic oxidation sites excluding steroid dienone is 1. The van der Waals surface area contributed by atoms with Crippen LogP contribution in [0.3, 0.4) is 0 Å². The quantitative estimate of drug-likeness (QED) is 0.535. The van der Waals surface area contributed by atoms with Gasteiger partial charge in [0.2, 0.25) is 0 Å². The second-order valence-electron chi connectivity index (χ2n) is 4.76. The molecule has 0 N–H and O–H groups in total. The maximum Gasteiger partial charge on any atom is 0.146 e. The molecule has 1 aromatic carbocycles. The van der Waals surface area contributed by atoms with Crippen molar-refractivity contribution >= 4 is 12.4 Å². The summed E-state index contributed by atoms with van der Waals surface area (Å²) >= 11 is 0. The van der Waals surface area contributed by atoms with Crippen molar-refractivity contribution in [2.45, 2.75) is 33.6 Å². The van der Waals surface area contributed by atoms with Gasteiger partial charge in [-0.05, 0) is 29.0 Å². The topological polar surface area (TPSA) is 17.1 Å². The predicted octanol–water partition coefficient (Wildman–Crippen LogP) is 4.10. The lowest BCUT2D eigenvalue weighted by Crippen LogP contribution is -2.15. The molecule has 0 spiro atoms. The van der Waals surface area contributed by atoms with E-state index in [1.54, 1.807) is 0 Å². The van der Waals surface area contributed by atoms with Gasteiger partial charge >= 0.3 is 0 Å². The zero-order valence-electron chi connectivity index (χ0n) is 10.4. The van der Waals surface area contributed by atoms with Gasteiger partial charge in [-0.1, -0.05) is 57.5 Å². The standard InChI is InChI=1S/C15H20O/c1-4-10-15(2,3)14(12-16)11-13-8-6-5-7-9-13/h5-9,11-12H,4,10H2,1-3H3. The van der Waals surface area contributed by atoms with E-state index in [4.69, 9.17) is 0 Å². The average molecular weight is 216 g/mol. The molecule has 16 heavy (non-hydrogen) atoms. The van der Waals surface area contributed by atoms with E-state index in [0.717, 1.165) is 30.3 Å². The Kier molecular flexibility index (Phi) is 4.48. The third kappa shape index (κ3) is 3.34. The van der Waals surface area contributed by atoms with Gasteiger partial charge in [-0.3, -0.25) is 4.79 Å². The Morgan fingerprint density at radius 2 is 1.88 bits per heavy atom. The van der Waals surface area contributed by atoms with Crippen molar-refractivity contribution in [3.63, 3.8) is 0 Å². The summed E-state index contributed by atoms with van der Waals surface area (Å²) in [5.41, 5.74) is 1.93. The van der Waals surface area contributed by atoms with E-state index in [-0.39, 0.29) is 5.41 Å². The van der Waals surface area contributed by atoms with E-state index in [0.29, 0.717) is 0 Å². The fourth-order valence-corrected chi connectivity index (χ4v) is 1.89. The van der Waals surface area contributed by atoms with Crippen LogP contribution in [0.25, 0.3) is 6.08 Å². The number of carbonyl (C=O) groups is 1. The minimum atomic E-state index is -0.0354. The molecule has 0 unspecified atom stereocenters. The molecular weight excluding hydrogens is 196 g/mol. The lowest BCUT2D eigenvalue weighted by atomic mass is 9.80. The van der Waals surface area contributed by atoms with E-state index < -0.39 is 0 Å². The minimum Gasteiger partial charge on any atom is -0.298 e. The molecule has 0 saturated carbocycles. The van der Waals surface area contributed by atoms with Gasteiger partial charge in [-0.15, -0.1) is 0 Å². The summed E-state index contributed by atoms with van der Waals surface area (Å²) in [6, 6.07) is 9.99. The minimum absolute atomic E-state index is 0.0354. The summed E-state index contributed by atoms with van der Waals surface area (Å²) in [5, 5.41) is 0. The van der Waals surface area contributed by atoms with Crippen LogP contribution >= 0.6 is 0 Å². The van der Waals surface area contributed by atoms with Gasteiger partial charge < -0.3 is 0 Å². The molecule has 0 fully saturated rings. The highest BCUT2D eigenvalue weighted by atomic mass is 16.1. The maximum atomic E-state index is 11.2. The van der Waals surface area contributed by atoms with E-state index in [1.165, 1.54) is 0 Å². The highest BCUT2D eigenvalue weighted by molar-refractivity contribution is 5.83. The van der Waals surface area contributed by atoms with Gasteiger partial charge in [0.25, 0.3) is 0 Å². The Morgan fingerprint density at radius 1 is 1.25 bits per heavy atom. The molecule has 1 aromatic rings. The highest BCUT2D eigenvalue weighted by Crippen LogP contribution is 2.31. The van der Waals surface area contributed by atoms with E-state index in [1.807, 2.05) is 36.4 Å². The van der Waals surface area contributed by atoms with Crippen molar-refractivity contribution in [3.05, 3.63) is 41.5 Å². The van der Waals surface area contributed by atoms with Crippen molar-refractivity contribution < 1.29 is 4.79 Å². The maximum absolute atomic E-state index is 11.2. The monoisotopic (exact) mass is 216 g/mol. The normalized spacial score (nSPS) is 12.6. The number of hydrogen-bond acceptors (Lipinski definition) is 1. The zero-order valence-corrected chi connectivity index (χ0v) is 10.4. The molecule has 1 rings (SSSR count). The molecule has 0 bridgehead atoms. The van der Waals surface area contributed by atoms with Crippen molar-refractivity contribution in [2.75, 3.05) is 0 Å². The molecule has 0 aliphatic rings. The number of hydrogen-bond donors (Lipinski definition) is 0. The van der Waals surface area contributed by atoms with E-state index in [9.17, 15) is 4.79 Å². The first-order chi connectivity index (χ1) is 7.60. The number of rotatable bonds is 5. The van der Waals surface area contributed by atoms with Crippen LogP contribution in [0.15, 0.2) is 35.9 Å². The molecule has 1 nitrogen and oxygen atoms in total. The van der Waals surface area contributed by atoms with Crippen LogP contribution in [0.5, 0.6) is 0 Å². The van der Waals surface area contributed by atoms with E-state index >= 15 is 0 Å². The van der Waals surface area contributed by atoms with Gasteiger partial charge in [-0.25, -0.2) is 0 Å². The van der Waals surface area contributed by atoms with Crippen molar-refractivity contribution in [3.8, 4) is 0 Å². The molecule has 1 heteroatoms. The molecule has 0 aromatic heterocycles. The zero-order chi connectivity index (χ0) is 12.0. The van der Waals surface area contributed by atoms with Crippen LogP contribution in [-0.2, 0) is 4.79 Å². The van der Waals surface area contributed by atoms with Crippen LogP contribution < -0.4 is 0 Å².